The van der Waals surface area contributed by atoms with Crippen LogP contribution in [0.25, 0.3) is 0 Å². The maximum Gasteiger partial charge on any atom is 0.231 e. The molecular formula is C20H22ClN3O2S. The molecule has 0 amide bonds. The smallest absolute Gasteiger partial charge is 0.231 e. The van der Waals surface area contributed by atoms with Gasteiger partial charge in [-0.25, -0.2) is 0 Å². The molecule has 0 spiro atoms. The molecule has 2 aliphatic heterocycles. The second-order valence-corrected chi connectivity index (χ2v) is 7.66. The summed E-state index contributed by atoms with van der Waals surface area (Å²) < 4.78 is 10.8. The van der Waals surface area contributed by atoms with Gasteiger partial charge >= 0.3 is 0 Å². The predicted octanol–water partition coefficient (Wildman–Crippen LogP) is 3.89. The standard InChI is InChI=1S/C20H22ClN3O2S/c1-14-2-4-17(16(21)10-14)22-20(27)24-8-6-23(7-9-24)12-15-3-5-18-19(11-15)26-13-25-18/h2-5,10-11H,6-9,12-13H2,1H3,(H,22,27). The summed E-state index contributed by atoms with van der Waals surface area (Å²) in [6.07, 6.45) is 0. The van der Waals surface area contributed by atoms with Gasteiger partial charge in [0.1, 0.15) is 0 Å². The summed E-state index contributed by atoms with van der Waals surface area (Å²) in [5.74, 6) is 1.67. The molecule has 142 valence electrons. The molecule has 0 atom stereocenters. The van der Waals surface area contributed by atoms with E-state index in [4.69, 9.17) is 33.3 Å². The van der Waals surface area contributed by atoms with Crippen molar-refractivity contribution in [3.63, 3.8) is 0 Å². The Hall–Kier alpha value is -2.02. The fourth-order valence-electron chi connectivity index (χ4n) is 3.32. The van der Waals surface area contributed by atoms with E-state index in [1.165, 1.54) is 5.56 Å². The molecule has 0 radical (unpaired) electrons. The van der Waals surface area contributed by atoms with Crippen LogP contribution in [0.15, 0.2) is 36.4 Å². The number of hydrogen-bond donors (Lipinski definition) is 1. The van der Waals surface area contributed by atoms with Crippen LogP contribution in [0, 0.1) is 6.92 Å². The lowest BCUT2D eigenvalue weighted by Gasteiger charge is -2.36. The van der Waals surface area contributed by atoms with E-state index in [9.17, 15) is 0 Å². The van der Waals surface area contributed by atoms with Crippen LogP contribution in [0.2, 0.25) is 5.02 Å². The Balaban J connectivity index is 1.30. The zero-order valence-electron chi connectivity index (χ0n) is 15.2. The van der Waals surface area contributed by atoms with Crippen LogP contribution < -0.4 is 14.8 Å². The SMILES string of the molecule is Cc1ccc(NC(=S)N2CCN(Cc3ccc4c(c3)OCO4)CC2)c(Cl)c1. The third-order valence-corrected chi connectivity index (χ3v) is 5.54. The van der Waals surface area contributed by atoms with Gasteiger partial charge in [-0.15, -0.1) is 0 Å². The van der Waals surface area contributed by atoms with E-state index in [0.717, 1.165) is 60.6 Å². The Morgan fingerprint density at radius 2 is 1.85 bits per heavy atom. The number of aryl methyl sites for hydroxylation is 1. The number of ether oxygens (including phenoxy) is 2. The first-order valence-corrected chi connectivity index (χ1v) is 9.80. The Morgan fingerprint density at radius 1 is 1.07 bits per heavy atom. The number of fused-ring (bicyclic) bond motifs is 1. The summed E-state index contributed by atoms with van der Waals surface area (Å²) in [4.78, 5) is 4.62. The molecule has 1 N–H and O–H groups in total. The minimum Gasteiger partial charge on any atom is -0.454 e. The summed E-state index contributed by atoms with van der Waals surface area (Å²) in [5, 5.41) is 4.70. The van der Waals surface area contributed by atoms with E-state index in [-0.39, 0.29) is 0 Å². The van der Waals surface area contributed by atoms with Crippen molar-refractivity contribution < 1.29 is 9.47 Å². The summed E-state index contributed by atoms with van der Waals surface area (Å²) in [7, 11) is 0. The molecule has 2 aliphatic rings. The minimum atomic E-state index is 0.312. The van der Waals surface area contributed by atoms with Crippen molar-refractivity contribution in [3.05, 3.63) is 52.5 Å². The van der Waals surface area contributed by atoms with E-state index in [0.29, 0.717) is 11.8 Å². The maximum absolute atomic E-state index is 6.30. The van der Waals surface area contributed by atoms with E-state index in [1.807, 2.05) is 31.2 Å². The van der Waals surface area contributed by atoms with Crippen molar-refractivity contribution in [2.24, 2.45) is 0 Å². The van der Waals surface area contributed by atoms with Crippen LogP contribution in [-0.4, -0.2) is 47.9 Å². The monoisotopic (exact) mass is 403 g/mol. The zero-order valence-corrected chi connectivity index (χ0v) is 16.8. The van der Waals surface area contributed by atoms with Gasteiger partial charge in [-0.1, -0.05) is 23.7 Å². The largest absolute Gasteiger partial charge is 0.454 e. The van der Waals surface area contributed by atoms with Crippen molar-refractivity contribution in [3.8, 4) is 11.5 Å². The van der Waals surface area contributed by atoms with E-state index >= 15 is 0 Å². The van der Waals surface area contributed by atoms with Crippen LogP contribution in [0.4, 0.5) is 5.69 Å². The van der Waals surface area contributed by atoms with E-state index in [1.54, 1.807) is 0 Å². The van der Waals surface area contributed by atoms with E-state index in [2.05, 4.69) is 27.2 Å². The lowest BCUT2D eigenvalue weighted by Crippen LogP contribution is -2.49. The third-order valence-electron chi connectivity index (χ3n) is 4.87. The van der Waals surface area contributed by atoms with Crippen molar-refractivity contribution in [1.82, 2.24) is 9.80 Å². The molecule has 27 heavy (non-hydrogen) atoms. The number of halogens is 1. The van der Waals surface area contributed by atoms with Gasteiger partial charge in [0.15, 0.2) is 16.6 Å². The van der Waals surface area contributed by atoms with Gasteiger partial charge in [0.2, 0.25) is 6.79 Å². The maximum atomic E-state index is 6.30. The zero-order chi connectivity index (χ0) is 18.8. The molecular weight excluding hydrogens is 382 g/mol. The highest BCUT2D eigenvalue weighted by Gasteiger charge is 2.20. The van der Waals surface area contributed by atoms with Crippen LogP contribution in [-0.2, 0) is 6.54 Å². The van der Waals surface area contributed by atoms with Gasteiger partial charge in [0, 0.05) is 32.7 Å². The number of piperazine rings is 1. The normalized spacial score (nSPS) is 16.4. The summed E-state index contributed by atoms with van der Waals surface area (Å²) in [5.41, 5.74) is 3.23. The van der Waals surface area contributed by atoms with Crippen molar-refractivity contribution in [1.29, 1.82) is 0 Å². The number of thiocarbonyl (C=S) groups is 1. The predicted molar refractivity (Wildman–Crippen MR) is 112 cm³/mol. The van der Waals surface area contributed by atoms with Gasteiger partial charge < -0.3 is 19.7 Å². The average Bonchev–Trinajstić information content (AvgIpc) is 3.12. The molecule has 2 aromatic rings. The van der Waals surface area contributed by atoms with E-state index < -0.39 is 0 Å². The van der Waals surface area contributed by atoms with Gasteiger partial charge in [-0.05, 0) is 54.5 Å². The number of nitrogens with one attached hydrogen (secondary N) is 1. The lowest BCUT2D eigenvalue weighted by atomic mass is 10.1. The summed E-state index contributed by atoms with van der Waals surface area (Å²) in [6, 6.07) is 12.1. The summed E-state index contributed by atoms with van der Waals surface area (Å²) >= 11 is 11.9. The van der Waals surface area contributed by atoms with Crippen LogP contribution >= 0.6 is 23.8 Å². The first kappa shape index (κ1) is 18.3. The minimum absolute atomic E-state index is 0.312. The highest BCUT2D eigenvalue weighted by Crippen LogP contribution is 2.33. The molecule has 1 fully saturated rings. The molecule has 0 aliphatic carbocycles. The average molecular weight is 404 g/mol. The number of nitrogens with zero attached hydrogens (tertiary/aromatic N) is 2. The second-order valence-electron chi connectivity index (χ2n) is 6.86. The van der Waals surface area contributed by atoms with Gasteiger partial charge in [-0.2, -0.15) is 0 Å². The second kappa shape index (κ2) is 7.92. The third kappa shape index (κ3) is 4.29. The first-order chi connectivity index (χ1) is 13.1. The Bertz CT molecular complexity index is 853. The Kier molecular flexibility index (Phi) is 5.38. The van der Waals surface area contributed by atoms with Crippen molar-refractivity contribution in [2.45, 2.75) is 13.5 Å². The highest BCUT2D eigenvalue weighted by molar-refractivity contribution is 7.80. The molecule has 2 heterocycles. The molecule has 1 saturated heterocycles. The Labute approximate surface area is 169 Å². The van der Waals surface area contributed by atoms with Crippen LogP contribution in [0.3, 0.4) is 0 Å². The van der Waals surface area contributed by atoms with Gasteiger partial charge in [-0.3, -0.25) is 4.90 Å². The molecule has 0 bridgehead atoms. The highest BCUT2D eigenvalue weighted by atomic mass is 35.5. The van der Waals surface area contributed by atoms with Gasteiger partial charge in [0.05, 0.1) is 10.7 Å². The van der Waals surface area contributed by atoms with Gasteiger partial charge in [0.25, 0.3) is 0 Å². The van der Waals surface area contributed by atoms with Crippen molar-refractivity contribution in [2.75, 3.05) is 38.3 Å². The quantitative estimate of drug-likeness (QED) is 0.783. The fourth-order valence-corrected chi connectivity index (χ4v) is 3.90. The molecule has 7 heteroatoms. The first-order valence-electron chi connectivity index (χ1n) is 9.01. The molecule has 0 aromatic heterocycles. The molecule has 4 rings (SSSR count). The molecule has 2 aromatic carbocycles. The number of benzene rings is 2. The van der Waals surface area contributed by atoms with Crippen molar-refractivity contribution >= 4 is 34.6 Å². The fraction of sp³-hybridized carbons (Fsp3) is 0.350. The molecule has 5 nitrogen and oxygen atoms in total. The number of anilines is 1. The Morgan fingerprint density at radius 3 is 2.63 bits per heavy atom. The summed E-state index contributed by atoms with van der Waals surface area (Å²) in [6.45, 7) is 6.92. The number of hydrogen-bond acceptors (Lipinski definition) is 4. The lowest BCUT2D eigenvalue weighted by molar-refractivity contribution is 0.173. The van der Waals surface area contributed by atoms with Crippen LogP contribution in [0.1, 0.15) is 11.1 Å². The topological polar surface area (TPSA) is 37.0 Å². The van der Waals surface area contributed by atoms with Crippen LogP contribution in [0.5, 0.6) is 11.5 Å². The molecule has 0 unspecified atom stereocenters. The molecule has 0 saturated carbocycles. The number of rotatable bonds is 3.